The third-order valence-corrected chi connectivity index (χ3v) is 4.88. The molecule has 2 rings (SSSR count). The summed E-state index contributed by atoms with van der Waals surface area (Å²) in [5.74, 6) is 1.08. The van der Waals surface area contributed by atoms with Crippen molar-refractivity contribution in [1.29, 1.82) is 0 Å². The highest BCUT2D eigenvalue weighted by Gasteiger charge is 2.15. The summed E-state index contributed by atoms with van der Waals surface area (Å²) >= 11 is 1.66. The van der Waals surface area contributed by atoms with Gasteiger partial charge in [0.1, 0.15) is 5.82 Å². The molecule has 0 bridgehead atoms. The van der Waals surface area contributed by atoms with Crippen LogP contribution in [0.4, 0.5) is 4.39 Å². The van der Waals surface area contributed by atoms with E-state index in [4.69, 9.17) is 0 Å². The van der Waals surface area contributed by atoms with Crippen LogP contribution >= 0.6 is 35.7 Å². The predicted molar refractivity (Wildman–Crippen MR) is 140 cm³/mol. The lowest BCUT2D eigenvalue weighted by atomic mass is 10.1. The van der Waals surface area contributed by atoms with Crippen LogP contribution in [0.1, 0.15) is 47.8 Å². The first-order chi connectivity index (χ1) is 14.2. The van der Waals surface area contributed by atoms with E-state index in [1.807, 2.05) is 45.2 Å². The van der Waals surface area contributed by atoms with Gasteiger partial charge in [-0.3, -0.25) is 9.79 Å². The van der Waals surface area contributed by atoms with Crippen LogP contribution in [0.3, 0.4) is 0 Å². The molecule has 0 unspecified atom stereocenters. The van der Waals surface area contributed by atoms with Crippen molar-refractivity contribution in [1.82, 2.24) is 16.0 Å². The van der Waals surface area contributed by atoms with Gasteiger partial charge in [0.15, 0.2) is 5.96 Å². The molecule has 0 aromatic heterocycles. The number of guanidine groups is 1. The Kier molecular flexibility index (Phi) is 11.3. The first-order valence-corrected chi connectivity index (χ1v) is 11.2. The van der Waals surface area contributed by atoms with E-state index in [2.05, 4.69) is 20.9 Å². The molecule has 2 aromatic carbocycles. The average molecular weight is 559 g/mol. The lowest BCUT2D eigenvalue weighted by Gasteiger charge is -2.20. The smallest absolute Gasteiger partial charge is 0.251 e. The molecule has 0 aliphatic carbocycles. The van der Waals surface area contributed by atoms with Gasteiger partial charge in [0.25, 0.3) is 5.91 Å². The normalized spacial score (nSPS) is 11.5. The maximum absolute atomic E-state index is 13.5. The number of carbonyl (C=O) groups is 1. The zero-order valence-corrected chi connectivity index (χ0v) is 21.9. The van der Waals surface area contributed by atoms with Gasteiger partial charge in [0, 0.05) is 37.0 Å². The van der Waals surface area contributed by atoms with Crippen molar-refractivity contribution in [2.24, 2.45) is 4.99 Å². The minimum Gasteiger partial charge on any atom is -0.352 e. The van der Waals surface area contributed by atoms with Gasteiger partial charge in [-0.1, -0.05) is 18.2 Å². The molecule has 170 valence electrons. The van der Waals surface area contributed by atoms with Gasteiger partial charge < -0.3 is 16.0 Å². The maximum atomic E-state index is 13.5. The Balaban J connectivity index is 0.00000480. The van der Waals surface area contributed by atoms with E-state index in [9.17, 15) is 9.18 Å². The molecular weight excluding hydrogens is 526 g/mol. The summed E-state index contributed by atoms with van der Waals surface area (Å²) in [4.78, 5) is 16.6. The second kappa shape index (κ2) is 12.9. The van der Waals surface area contributed by atoms with Crippen LogP contribution in [0, 0.1) is 5.82 Å². The lowest BCUT2D eigenvalue weighted by Crippen LogP contribution is -2.40. The van der Waals surface area contributed by atoms with Crippen molar-refractivity contribution in [2.75, 3.05) is 13.3 Å². The summed E-state index contributed by atoms with van der Waals surface area (Å²) in [5.41, 5.74) is 3.33. The van der Waals surface area contributed by atoms with E-state index >= 15 is 0 Å². The highest BCUT2D eigenvalue weighted by molar-refractivity contribution is 14.0. The fourth-order valence-corrected chi connectivity index (χ4v) is 3.46. The number of nitrogens with one attached hydrogen (secondary N) is 3. The van der Waals surface area contributed by atoms with Gasteiger partial charge in [-0.25, -0.2) is 4.39 Å². The zero-order valence-electron chi connectivity index (χ0n) is 18.7. The number of carbonyl (C=O) groups excluding carboxylic acids is 1. The molecule has 2 aromatic rings. The van der Waals surface area contributed by atoms with E-state index in [0.717, 1.165) is 22.4 Å². The van der Waals surface area contributed by atoms with Crippen molar-refractivity contribution < 1.29 is 9.18 Å². The van der Waals surface area contributed by atoms with Crippen molar-refractivity contribution in [3.63, 3.8) is 0 Å². The van der Waals surface area contributed by atoms with E-state index in [1.54, 1.807) is 37.0 Å². The van der Waals surface area contributed by atoms with Gasteiger partial charge in [-0.2, -0.15) is 11.8 Å². The van der Waals surface area contributed by atoms with Crippen LogP contribution in [-0.4, -0.2) is 30.7 Å². The topological polar surface area (TPSA) is 65.5 Å². The number of hydrogen-bond acceptors (Lipinski definition) is 3. The summed E-state index contributed by atoms with van der Waals surface area (Å²) in [6, 6.07) is 12.4. The molecule has 0 saturated carbocycles. The number of benzene rings is 2. The predicted octanol–water partition coefficient (Wildman–Crippen LogP) is 4.70. The van der Waals surface area contributed by atoms with Gasteiger partial charge in [-0.15, -0.1) is 24.0 Å². The second-order valence-corrected chi connectivity index (χ2v) is 8.90. The third kappa shape index (κ3) is 9.47. The van der Waals surface area contributed by atoms with Crippen LogP contribution in [-0.2, 0) is 18.8 Å². The number of thioether (sulfide) groups is 1. The standard InChI is InChI=1S/C23H31FN4OS.HI/c1-23(2,3)28-21(29)17-8-6-7-16(11-17)13-26-22(25-4)27-14-18-9-10-20(24)12-19(18)15-30-5;/h6-12H,13-15H2,1-5H3,(H,28,29)(H2,25,26,27);1H. The molecule has 3 N–H and O–H groups in total. The Morgan fingerprint density at radius 1 is 1.06 bits per heavy atom. The Bertz CT molecular complexity index is 899. The Hall–Kier alpha value is -1.81. The molecule has 0 spiro atoms. The van der Waals surface area contributed by atoms with Gasteiger partial charge in [0.05, 0.1) is 0 Å². The molecule has 0 aliphatic rings. The monoisotopic (exact) mass is 558 g/mol. The zero-order chi connectivity index (χ0) is 22.1. The Labute approximate surface area is 206 Å². The molecule has 0 atom stereocenters. The van der Waals surface area contributed by atoms with Crippen LogP contribution in [0.5, 0.6) is 0 Å². The number of halogens is 2. The van der Waals surface area contributed by atoms with E-state index in [0.29, 0.717) is 24.6 Å². The number of rotatable bonds is 7. The van der Waals surface area contributed by atoms with Gasteiger partial charge in [-0.05, 0) is 68.0 Å². The van der Waals surface area contributed by atoms with Crippen LogP contribution in [0.15, 0.2) is 47.5 Å². The van der Waals surface area contributed by atoms with Crippen LogP contribution in [0.25, 0.3) is 0 Å². The largest absolute Gasteiger partial charge is 0.352 e. The lowest BCUT2D eigenvalue weighted by molar-refractivity contribution is 0.0919. The quantitative estimate of drug-likeness (QED) is 0.262. The molecule has 0 radical (unpaired) electrons. The maximum Gasteiger partial charge on any atom is 0.251 e. The first kappa shape index (κ1) is 27.2. The summed E-state index contributed by atoms with van der Waals surface area (Å²) in [5, 5.41) is 9.50. The van der Waals surface area contributed by atoms with Crippen molar-refractivity contribution >= 4 is 47.6 Å². The molecule has 0 fully saturated rings. The van der Waals surface area contributed by atoms with Crippen molar-refractivity contribution in [3.05, 3.63) is 70.5 Å². The molecule has 5 nitrogen and oxygen atoms in total. The average Bonchev–Trinajstić information content (AvgIpc) is 2.68. The van der Waals surface area contributed by atoms with E-state index in [-0.39, 0.29) is 41.2 Å². The van der Waals surface area contributed by atoms with Crippen molar-refractivity contribution in [2.45, 2.75) is 45.2 Å². The van der Waals surface area contributed by atoms with E-state index in [1.165, 1.54) is 6.07 Å². The number of aliphatic imine (C=N–C) groups is 1. The van der Waals surface area contributed by atoms with E-state index < -0.39 is 0 Å². The Morgan fingerprint density at radius 2 is 1.77 bits per heavy atom. The number of amides is 1. The summed E-state index contributed by atoms with van der Waals surface area (Å²) in [6.07, 6.45) is 2.00. The molecule has 1 amide bonds. The molecule has 31 heavy (non-hydrogen) atoms. The fourth-order valence-electron chi connectivity index (χ4n) is 2.88. The first-order valence-electron chi connectivity index (χ1n) is 9.84. The number of hydrogen-bond donors (Lipinski definition) is 3. The fraction of sp³-hybridized carbons (Fsp3) is 0.391. The SMILES string of the molecule is CN=C(NCc1cccc(C(=O)NC(C)(C)C)c1)NCc1ccc(F)cc1CSC.I. The van der Waals surface area contributed by atoms with Crippen LogP contribution in [0.2, 0.25) is 0 Å². The molecular formula is C23H32FIN4OS. The third-order valence-electron chi connectivity index (χ3n) is 4.28. The van der Waals surface area contributed by atoms with Crippen LogP contribution < -0.4 is 16.0 Å². The Morgan fingerprint density at radius 3 is 2.42 bits per heavy atom. The highest BCUT2D eigenvalue weighted by Crippen LogP contribution is 2.16. The molecule has 8 heteroatoms. The molecule has 0 heterocycles. The highest BCUT2D eigenvalue weighted by atomic mass is 127. The van der Waals surface area contributed by atoms with Gasteiger partial charge in [0.2, 0.25) is 0 Å². The summed E-state index contributed by atoms with van der Waals surface area (Å²) in [7, 11) is 1.70. The van der Waals surface area contributed by atoms with Gasteiger partial charge >= 0.3 is 0 Å². The molecule has 0 saturated heterocycles. The summed E-state index contributed by atoms with van der Waals surface area (Å²) in [6.45, 7) is 6.94. The minimum absolute atomic E-state index is 0. The molecule has 0 aliphatic heterocycles. The second-order valence-electron chi connectivity index (χ2n) is 8.03. The summed E-state index contributed by atoms with van der Waals surface area (Å²) < 4.78 is 13.5. The number of nitrogens with zero attached hydrogens (tertiary/aromatic N) is 1. The minimum atomic E-state index is -0.285. The van der Waals surface area contributed by atoms with Crippen molar-refractivity contribution in [3.8, 4) is 0 Å².